The Balaban J connectivity index is 1.89. The van der Waals surface area contributed by atoms with Crippen LogP contribution in [0.15, 0.2) is 48.9 Å². The smallest absolute Gasteiger partial charge is 0.213 e. The Morgan fingerprint density at radius 3 is 2.83 bits per heavy atom. The molecular weight excluding hydrogens is 354 g/mol. The van der Waals surface area contributed by atoms with Crippen LogP contribution >= 0.6 is 0 Å². The monoisotopic (exact) mass is 387 g/mol. The molecule has 146 valence electrons. The van der Waals surface area contributed by atoms with Crippen molar-refractivity contribution in [2.24, 2.45) is 13.0 Å². The van der Waals surface area contributed by atoms with Crippen molar-refractivity contribution < 1.29 is 11.4 Å². The van der Waals surface area contributed by atoms with Crippen LogP contribution in [0.3, 0.4) is 0 Å². The number of hydrogen-bond acceptors (Lipinski definition) is 1. The van der Waals surface area contributed by atoms with E-state index in [2.05, 4.69) is 28.6 Å². The van der Waals surface area contributed by atoms with Crippen LogP contribution in [0.5, 0.6) is 0 Å². The summed E-state index contributed by atoms with van der Waals surface area (Å²) in [4.78, 5) is 4.55. The van der Waals surface area contributed by atoms with Gasteiger partial charge in [-0.1, -0.05) is 38.1 Å². The predicted octanol–water partition coefficient (Wildman–Crippen LogP) is 5.24. The number of nitrogens with zero attached hydrogens (tertiary/aromatic N) is 3. The van der Waals surface area contributed by atoms with E-state index in [-0.39, 0.29) is 17.0 Å². The highest BCUT2D eigenvalue weighted by Gasteiger charge is 2.30. The largest absolute Gasteiger partial charge is 0.303 e. The summed E-state index contributed by atoms with van der Waals surface area (Å²) in [5.41, 5.74) is 5.42. The lowest BCUT2D eigenvalue weighted by molar-refractivity contribution is -0.660. The third-order valence-electron chi connectivity index (χ3n) is 5.82. The van der Waals surface area contributed by atoms with Gasteiger partial charge in [-0.15, -0.1) is 0 Å². The van der Waals surface area contributed by atoms with E-state index in [1.165, 1.54) is 0 Å². The van der Waals surface area contributed by atoms with Crippen molar-refractivity contribution >= 4 is 10.8 Å². The maximum absolute atomic E-state index is 8.78. The highest BCUT2D eigenvalue weighted by molar-refractivity contribution is 6.00. The van der Waals surface area contributed by atoms with E-state index in [0.29, 0.717) is 6.42 Å². The predicted molar refractivity (Wildman–Crippen MR) is 119 cm³/mol. The number of benzene rings is 2. The van der Waals surface area contributed by atoms with Crippen molar-refractivity contribution in [3.05, 3.63) is 77.0 Å². The summed E-state index contributed by atoms with van der Waals surface area (Å²) < 4.78 is 45.8. The van der Waals surface area contributed by atoms with Gasteiger partial charge >= 0.3 is 0 Å². The minimum absolute atomic E-state index is 0.0560. The highest BCUT2D eigenvalue weighted by Crippen LogP contribution is 2.42. The van der Waals surface area contributed by atoms with E-state index in [9.17, 15) is 0 Å². The van der Waals surface area contributed by atoms with Gasteiger partial charge in [0.15, 0.2) is 6.20 Å². The van der Waals surface area contributed by atoms with Gasteiger partial charge in [0.1, 0.15) is 12.9 Å². The highest BCUT2D eigenvalue weighted by atomic mass is 15.1. The molecule has 0 bridgehead atoms. The summed E-state index contributed by atoms with van der Waals surface area (Å²) in [5.74, 6) is 0.578. The number of fused-ring (bicyclic) bond motifs is 5. The quantitative estimate of drug-likeness (QED) is 0.388. The molecule has 3 nitrogen and oxygen atoms in total. The molecule has 0 N–H and O–H groups in total. The molecule has 0 amide bonds. The van der Waals surface area contributed by atoms with Gasteiger partial charge in [0.05, 0.1) is 11.3 Å². The van der Waals surface area contributed by atoms with Gasteiger partial charge in [0.25, 0.3) is 0 Å². The first-order chi connectivity index (χ1) is 15.9. The molecule has 29 heavy (non-hydrogen) atoms. The standard InChI is InChI=1S/C26H28N3/c1-16(2)12-19-13-23(28(5)15-17(19)3)25-18(4)20-8-6-7-9-21(20)26-22(25)14-24-27-10-11-29(24)26/h6-11,13,15-16H,12,14H2,1-5H3/q+1/i3D3,12D2. The molecule has 0 spiro atoms. The Hall–Kier alpha value is -2.94. The topological polar surface area (TPSA) is 21.7 Å². The van der Waals surface area contributed by atoms with Crippen molar-refractivity contribution in [2.45, 2.75) is 40.4 Å². The van der Waals surface area contributed by atoms with Crippen molar-refractivity contribution in [1.82, 2.24) is 9.55 Å². The van der Waals surface area contributed by atoms with E-state index in [0.717, 1.165) is 44.7 Å². The van der Waals surface area contributed by atoms with Crippen molar-refractivity contribution in [1.29, 1.82) is 0 Å². The lowest BCUT2D eigenvalue weighted by atomic mass is 9.89. The van der Waals surface area contributed by atoms with Crippen LogP contribution in [0.1, 0.15) is 48.8 Å². The van der Waals surface area contributed by atoms with Crippen LogP contribution < -0.4 is 4.57 Å². The fraction of sp³-hybridized carbons (Fsp3) is 0.308. The minimum atomic E-state index is -2.42. The molecule has 1 aliphatic rings. The molecule has 0 unspecified atom stereocenters. The van der Waals surface area contributed by atoms with Crippen molar-refractivity contribution in [2.75, 3.05) is 0 Å². The first kappa shape index (κ1) is 13.3. The third kappa shape index (κ3) is 2.71. The van der Waals surface area contributed by atoms with Crippen LogP contribution in [0.4, 0.5) is 0 Å². The molecule has 0 aliphatic carbocycles. The van der Waals surface area contributed by atoms with E-state index in [4.69, 9.17) is 6.85 Å². The van der Waals surface area contributed by atoms with Gasteiger partial charge < -0.3 is 4.57 Å². The molecule has 4 aromatic rings. The molecule has 2 aromatic heterocycles. The van der Waals surface area contributed by atoms with Crippen LogP contribution in [-0.2, 0) is 19.8 Å². The first-order valence-corrected chi connectivity index (χ1v) is 10.0. The van der Waals surface area contributed by atoms with Crippen LogP contribution in [0.2, 0.25) is 0 Å². The normalized spacial score (nSPS) is 16.1. The third-order valence-corrected chi connectivity index (χ3v) is 5.82. The second kappa shape index (κ2) is 6.55. The molecule has 0 saturated heterocycles. The van der Waals surface area contributed by atoms with Crippen molar-refractivity contribution in [3.8, 4) is 16.9 Å². The van der Waals surface area contributed by atoms with Gasteiger partial charge in [-0.3, -0.25) is 0 Å². The number of rotatable bonds is 3. The number of imidazole rings is 1. The summed E-state index contributed by atoms with van der Waals surface area (Å²) in [6.07, 6.45) is 4.25. The maximum Gasteiger partial charge on any atom is 0.213 e. The summed E-state index contributed by atoms with van der Waals surface area (Å²) in [7, 11) is 1.84. The number of pyridine rings is 1. The van der Waals surface area contributed by atoms with Crippen LogP contribution in [-0.4, -0.2) is 9.55 Å². The van der Waals surface area contributed by atoms with Gasteiger partial charge in [0.2, 0.25) is 5.69 Å². The molecule has 2 aromatic carbocycles. The molecule has 5 rings (SSSR count). The van der Waals surface area contributed by atoms with Crippen LogP contribution in [0.25, 0.3) is 27.7 Å². The molecule has 0 saturated carbocycles. The average molecular weight is 388 g/mol. The van der Waals surface area contributed by atoms with E-state index < -0.39 is 13.2 Å². The molecule has 0 radical (unpaired) electrons. The maximum atomic E-state index is 8.78. The molecule has 3 heterocycles. The fourth-order valence-electron chi connectivity index (χ4n) is 4.61. The Bertz CT molecular complexity index is 1450. The molecular formula is C26H28N3+. The summed E-state index contributed by atoms with van der Waals surface area (Å²) in [6, 6.07) is 10.1. The SMILES string of the molecule is [2H]C([2H])([2H])c1c[n+](C)c(-c2c3c(c4ccccc4c2C)-n2ccnc2C3)cc1C([2H])([2H])C(C)C. The Morgan fingerprint density at radius 1 is 1.28 bits per heavy atom. The Morgan fingerprint density at radius 2 is 2.07 bits per heavy atom. The zero-order chi connectivity index (χ0) is 24.6. The van der Waals surface area contributed by atoms with E-state index in [1.807, 2.05) is 36.1 Å². The fourth-order valence-corrected chi connectivity index (χ4v) is 4.61. The summed E-state index contributed by atoms with van der Waals surface area (Å²) >= 11 is 0. The second-order valence-corrected chi connectivity index (χ2v) is 8.16. The lowest BCUT2D eigenvalue weighted by Crippen LogP contribution is -2.32. The number of hydrogen-bond donors (Lipinski definition) is 0. The Kier molecular flexibility index (Phi) is 3.01. The van der Waals surface area contributed by atoms with Gasteiger partial charge in [-0.25, -0.2) is 9.55 Å². The van der Waals surface area contributed by atoms with Gasteiger partial charge in [-0.2, -0.15) is 0 Å². The molecule has 1 aliphatic heterocycles. The summed E-state index contributed by atoms with van der Waals surface area (Å²) in [6.45, 7) is 3.24. The van der Waals surface area contributed by atoms with E-state index in [1.54, 1.807) is 26.1 Å². The number of aromatic nitrogens is 3. The zero-order valence-electron chi connectivity index (χ0n) is 22.2. The molecule has 0 atom stereocenters. The van der Waals surface area contributed by atoms with Crippen LogP contribution in [0, 0.1) is 19.7 Å². The van der Waals surface area contributed by atoms with E-state index >= 15 is 0 Å². The minimum Gasteiger partial charge on any atom is -0.303 e. The zero-order valence-corrected chi connectivity index (χ0v) is 17.2. The Labute approximate surface area is 179 Å². The molecule has 3 heteroatoms. The number of aryl methyl sites for hydroxylation is 3. The van der Waals surface area contributed by atoms with Gasteiger partial charge in [-0.05, 0) is 48.1 Å². The average Bonchev–Trinajstić information content (AvgIpc) is 3.35. The molecule has 0 fully saturated rings. The lowest BCUT2D eigenvalue weighted by Gasteiger charge is -2.17. The summed E-state index contributed by atoms with van der Waals surface area (Å²) in [5, 5.41) is 2.26. The van der Waals surface area contributed by atoms with Crippen molar-refractivity contribution in [3.63, 3.8) is 0 Å². The second-order valence-electron chi connectivity index (χ2n) is 8.16. The van der Waals surface area contributed by atoms with Gasteiger partial charge in [0, 0.05) is 42.7 Å². The first-order valence-electron chi connectivity index (χ1n) is 12.5.